The predicted molar refractivity (Wildman–Crippen MR) is 86.9 cm³/mol. The summed E-state index contributed by atoms with van der Waals surface area (Å²) in [6.07, 6.45) is 10.00. The van der Waals surface area contributed by atoms with Gasteiger partial charge in [-0.15, -0.1) is 0 Å². The first-order valence-corrected chi connectivity index (χ1v) is 7.94. The Labute approximate surface area is 130 Å². The van der Waals surface area contributed by atoms with E-state index in [1.807, 2.05) is 13.0 Å². The van der Waals surface area contributed by atoms with Crippen molar-refractivity contribution in [3.8, 4) is 0 Å². The van der Waals surface area contributed by atoms with E-state index in [0.29, 0.717) is 30.0 Å². The third kappa shape index (κ3) is 2.93. The highest BCUT2D eigenvalue weighted by molar-refractivity contribution is 5.89. The van der Waals surface area contributed by atoms with Crippen LogP contribution in [-0.4, -0.2) is 17.1 Å². The number of hydrogen-bond acceptors (Lipinski definition) is 2. The number of allylic oxidation sites excluding steroid dienone is 2. The van der Waals surface area contributed by atoms with Crippen molar-refractivity contribution in [2.45, 2.75) is 26.2 Å². The zero-order chi connectivity index (χ0) is 15.7. The van der Waals surface area contributed by atoms with Crippen molar-refractivity contribution >= 4 is 11.7 Å². The number of aromatic nitrogens is 1. The molecule has 3 atom stereocenters. The zero-order valence-corrected chi connectivity index (χ0v) is 13.1. The van der Waals surface area contributed by atoms with Gasteiger partial charge in [0.05, 0.1) is 0 Å². The minimum absolute atomic E-state index is 0.185. The second-order valence-corrected chi connectivity index (χ2v) is 6.51. The van der Waals surface area contributed by atoms with Gasteiger partial charge in [-0.05, 0) is 55.6 Å². The number of anilines is 1. The van der Waals surface area contributed by atoms with Crippen LogP contribution in [0.4, 0.5) is 10.5 Å². The summed E-state index contributed by atoms with van der Waals surface area (Å²) >= 11 is 0. The van der Waals surface area contributed by atoms with E-state index >= 15 is 0 Å². The first-order valence-electron chi connectivity index (χ1n) is 7.94. The molecule has 118 valence electrons. The summed E-state index contributed by atoms with van der Waals surface area (Å²) in [5.41, 5.74) is 0.945. The molecule has 2 N–H and O–H groups in total. The first kappa shape index (κ1) is 14.9. The monoisotopic (exact) mass is 301 g/mol. The summed E-state index contributed by atoms with van der Waals surface area (Å²) in [6.45, 7) is 2.49. The minimum atomic E-state index is -0.295. The Morgan fingerprint density at radius 1 is 1.36 bits per heavy atom. The van der Waals surface area contributed by atoms with Crippen LogP contribution in [0, 0.1) is 24.7 Å². The van der Waals surface area contributed by atoms with Gasteiger partial charge in [0.2, 0.25) is 0 Å². The van der Waals surface area contributed by atoms with Gasteiger partial charge in [0.15, 0.2) is 0 Å². The van der Waals surface area contributed by atoms with E-state index < -0.39 is 0 Å². The lowest BCUT2D eigenvalue weighted by atomic mass is 9.69. The number of urea groups is 1. The molecule has 3 unspecified atom stereocenters. The fraction of sp³-hybridized carbons (Fsp3) is 0.529. The molecule has 0 saturated heterocycles. The Kier molecular flexibility index (Phi) is 4.05. The van der Waals surface area contributed by atoms with Crippen molar-refractivity contribution in [2.24, 2.45) is 24.8 Å². The Bertz CT molecular complexity index is 662. The molecule has 1 saturated carbocycles. The van der Waals surface area contributed by atoms with Crippen LogP contribution in [0.2, 0.25) is 0 Å². The fourth-order valence-corrected chi connectivity index (χ4v) is 3.54. The summed E-state index contributed by atoms with van der Waals surface area (Å²) in [6, 6.07) is 1.53. The van der Waals surface area contributed by atoms with Gasteiger partial charge >= 0.3 is 6.03 Å². The lowest BCUT2D eigenvalue weighted by Crippen LogP contribution is -2.40. The standard InChI is InChI=1S/C17H23N3O2/c1-11-7-8-20(2)16(21)15(11)19-17(22)18-10-14-9-12-3-5-13(14)6-4-12/h3,5,7-8,12-14H,4,6,9-10H2,1-2H3,(H2,18,19,22). The lowest BCUT2D eigenvalue weighted by molar-refractivity contribution is 0.211. The smallest absolute Gasteiger partial charge is 0.319 e. The van der Waals surface area contributed by atoms with Crippen molar-refractivity contribution in [3.63, 3.8) is 0 Å². The largest absolute Gasteiger partial charge is 0.338 e. The third-order valence-corrected chi connectivity index (χ3v) is 4.95. The number of fused-ring (bicyclic) bond motifs is 2. The van der Waals surface area contributed by atoms with E-state index in [4.69, 9.17) is 0 Å². The van der Waals surface area contributed by atoms with Gasteiger partial charge in [0.25, 0.3) is 5.56 Å². The molecule has 1 heterocycles. The van der Waals surface area contributed by atoms with Crippen molar-refractivity contribution in [1.82, 2.24) is 9.88 Å². The minimum Gasteiger partial charge on any atom is -0.338 e. The third-order valence-electron chi connectivity index (χ3n) is 4.95. The Morgan fingerprint density at radius 3 is 2.82 bits per heavy atom. The van der Waals surface area contributed by atoms with E-state index in [-0.39, 0.29) is 11.6 Å². The van der Waals surface area contributed by atoms with E-state index in [1.54, 1.807) is 13.2 Å². The average Bonchev–Trinajstić information content (AvgIpc) is 2.54. The van der Waals surface area contributed by atoms with Crippen molar-refractivity contribution < 1.29 is 4.79 Å². The second kappa shape index (κ2) is 5.99. The lowest BCUT2D eigenvalue weighted by Gasteiger charge is -2.38. The maximum absolute atomic E-state index is 12.1. The van der Waals surface area contributed by atoms with Gasteiger partial charge in [-0.1, -0.05) is 12.2 Å². The molecule has 0 aromatic carbocycles. The molecule has 1 fully saturated rings. The quantitative estimate of drug-likeness (QED) is 0.842. The number of hydrogen-bond donors (Lipinski definition) is 2. The Balaban J connectivity index is 1.59. The van der Waals surface area contributed by atoms with Gasteiger partial charge in [0, 0.05) is 19.8 Å². The number of carbonyl (C=O) groups is 1. The van der Waals surface area contributed by atoms with E-state index in [2.05, 4.69) is 22.8 Å². The van der Waals surface area contributed by atoms with Crippen LogP contribution in [0.3, 0.4) is 0 Å². The number of pyridine rings is 1. The Morgan fingerprint density at radius 2 is 2.18 bits per heavy atom. The van der Waals surface area contributed by atoms with Gasteiger partial charge in [-0.2, -0.15) is 0 Å². The summed E-state index contributed by atoms with van der Waals surface area (Å²) < 4.78 is 1.47. The van der Waals surface area contributed by atoms with Crippen LogP contribution in [0.25, 0.3) is 0 Å². The number of rotatable bonds is 3. The highest BCUT2D eigenvalue weighted by atomic mass is 16.2. The number of aryl methyl sites for hydroxylation is 2. The Hall–Kier alpha value is -2.04. The molecule has 0 aliphatic heterocycles. The molecule has 22 heavy (non-hydrogen) atoms. The SMILES string of the molecule is Cc1ccn(C)c(=O)c1NC(=O)NCC1CC2C=CC1CC2. The molecule has 0 radical (unpaired) electrons. The van der Waals surface area contributed by atoms with Crippen molar-refractivity contribution in [3.05, 3.63) is 40.3 Å². The molecular weight excluding hydrogens is 278 g/mol. The topological polar surface area (TPSA) is 63.1 Å². The van der Waals surface area contributed by atoms with Crippen LogP contribution < -0.4 is 16.2 Å². The molecule has 1 aromatic heterocycles. The molecule has 3 aliphatic carbocycles. The van der Waals surface area contributed by atoms with E-state index in [0.717, 1.165) is 12.0 Å². The number of nitrogens with one attached hydrogen (secondary N) is 2. The molecule has 5 heteroatoms. The molecule has 2 amide bonds. The highest BCUT2D eigenvalue weighted by Crippen LogP contribution is 2.39. The van der Waals surface area contributed by atoms with Gasteiger partial charge in [-0.25, -0.2) is 4.79 Å². The molecule has 1 aromatic rings. The van der Waals surface area contributed by atoms with Crippen LogP contribution in [0.15, 0.2) is 29.2 Å². The van der Waals surface area contributed by atoms with Gasteiger partial charge in [0.1, 0.15) is 5.69 Å². The van der Waals surface area contributed by atoms with Crippen LogP contribution >= 0.6 is 0 Å². The number of nitrogens with zero attached hydrogens (tertiary/aromatic N) is 1. The van der Waals surface area contributed by atoms with Crippen molar-refractivity contribution in [1.29, 1.82) is 0 Å². The van der Waals surface area contributed by atoms with Crippen LogP contribution in [-0.2, 0) is 7.05 Å². The first-order chi connectivity index (χ1) is 10.5. The summed E-state index contributed by atoms with van der Waals surface area (Å²) in [5.74, 6) is 1.80. The van der Waals surface area contributed by atoms with Crippen LogP contribution in [0.1, 0.15) is 24.8 Å². The maximum atomic E-state index is 12.1. The van der Waals surface area contributed by atoms with Gasteiger partial charge < -0.3 is 15.2 Å². The average molecular weight is 301 g/mol. The summed E-state index contributed by atoms with van der Waals surface area (Å²) in [7, 11) is 1.68. The normalized spacial score (nSPS) is 26.0. The molecule has 0 spiro atoms. The molecular formula is C17H23N3O2. The molecule has 4 rings (SSSR count). The molecule has 3 aliphatic rings. The number of amides is 2. The van der Waals surface area contributed by atoms with Crippen molar-refractivity contribution in [2.75, 3.05) is 11.9 Å². The summed E-state index contributed by atoms with van der Waals surface area (Å²) in [5, 5.41) is 5.63. The predicted octanol–water partition coefficient (Wildman–Crippen LogP) is 2.42. The van der Waals surface area contributed by atoms with E-state index in [9.17, 15) is 9.59 Å². The number of carbonyl (C=O) groups excluding carboxylic acids is 1. The van der Waals surface area contributed by atoms with E-state index in [1.165, 1.54) is 17.4 Å². The van der Waals surface area contributed by atoms with Crippen LogP contribution in [0.5, 0.6) is 0 Å². The zero-order valence-electron chi connectivity index (χ0n) is 13.1. The van der Waals surface area contributed by atoms with Gasteiger partial charge in [-0.3, -0.25) is 4.79 Å². The maximum Gasteiger partial charge on any atom is 0.319 e. The second-order valence-electron chi connectivity index (χ2n) is 6.51. The molecule has 2 bridgehead atoms. The highest BCUT2D eigenvalue weighted by Gasteiger charge is 2.31. The molecule has 5 nitrogen and oxygen atoms in total. The summed E-state index contributed by atoms with van der Waals surface area (Å²) in [4.78, 5) is 24.1. The fourth-order valence-electron chi connectivity index (χ4n) is 3.54.